The third-order valence-electron chi connectivity index (χ3n) is 4.11. The maximum absolute atomic E-state index is 12.6. The predicted molar refractivity (Wildman–Crippen MR) is 113 cm³/mol. The summed E-state index contributed by atoms with van der Waals surface area (Å²) in [6, 6.07) is 10.8. The first-order chi connectivity index (χ1) is 13.1. The Balaban J connectivity index is 1.99. The van der Waals surface area contributed by atoms with Crippen LogP contribution in [0.4, 0.5) is 0 Å². The Morgan fingerprint density at radius 2 is 1.57 bits per heavy atom. The Labute approximate surface area is 175 Å². The van der Waals surface area contributed by atoms with E-state index in [0.29, 0.717) is 21.7 Å². The van der Waals surface area contributed by atoms with Gasteiger partial charge in [0.05, 0.1) is 14.2 Å². The topological polar surface area (TPSA) is 73.9 Å². The minimum atomic E-state index is -3.74. The number of hydrogen-bond donors (Lipinski definition) is 1. The van der Waals surface area contributed by atoms with Crippen LogP contribution in [0.5, 0.6) is 17.2 Å². The van der Waals surface area contributed by atoms with Gasteiger partial charge in [-0.25, -0.2) is 13.1 Å². The van der Waals surface area contributed by atoms with Gasteiger partial charge in [-0.1, -0.05) is 32.9 Å². The van der Waals surface area contributed by atoms with E-state index in [1.165, 1.54) is 25.8 Å². The average molecular weight is 472 g/mol. The summed E-state index contributed by atoms with van der Waals surface area (Å²) in [6.45, 7) is 6.76. The van der Waals surface area contributed by atoms with Crippen molar-refractivity contribution in [1.82, 2.24) is 4.72 Å². The van der Waals surface area contributed by atoms with Crippen molar-refractivity contribution in [3.05, 3.63) is 46.4 Å². The zero-order chi connectivity index (χ0) is 20.9. The van der Waals surface area contributed by atoms with E-state index in [0.717, 1.165) is 0 Å². The van der Waals surface area contributed by atoms with Gasteiger partial charge in [-0.15, -0.1) is 0 Å². The highest BCUT2D eigenvalue weighted by atomic mass is 79.9. The van der Waals surface area contributed by atoms with Crippen molar-refractivity contribution in [2.24, 2.45) is 0 Å². The van der Waals surface area contributed by atoms with Gasteiger partial charge in [0.25, 0.3) is 0 Å². The van der Waals surface area contributed by atoms with Gasteiger partial charge in [-0.05, 0) is 45.1 Å². The lowest BCUT2D eigenvalue weighted by Crippen LogP contribution is -2.28. The molecule has 0 fully saturated rings. The third-order valence-corrected chi connectivity index (χ3v) is 6.53. The monoisotopic (exact) mass is 471 g/mol. The second-order valence-electron chi connectivity index (χ2n) is 7.16. The van der Waals surface area contributed by atoms with Gasteiger partial charge in [0.1, 0.15) is 17.3 Å². The number of sulfonamides is 1. The number of methoxy groups -OCH3 is 2. The van der Waals surface area contributed by atoms with Crippen molar-refractivity contribution in [2.75, 3.05) is 27.4 Å². The van der Waals surface area contributed by atoms with Crippen LogP contribution in [-0.2, 0) is 15.4 Å². The minimum absolute atomic E-state index is 0.0691. The molecule has 28 heavy (non-hydrogen) atoms. The SMILES string of the molecule is COc1cc(Br)c(S(=O)(=O)NCCOc2ccc(C(C)(C)C)cc2)cc1OC. The summed E-state index contributed by atoms with van der Waals surface area (Å²) >= 11 is 3.27. The van der Waals surface area contributed by atoms with Crippen molar-refractivity contribution >= 4 is 26.0 Å². The number of rotatable bonds is 8. The molecular weight excluding hydrogens is 446 g/mol. The fourth-order valence-corrected chi connectivity index (χ4v) is 4.56. The van der Waals surface area contributed by atoms with Crippen LogP contribution in [0, 0.1) is 0 Å². The lowest BCUT2D eigenvalue weighted by atomic mass is 9.87. The fraction of sp³-hybridized carbons (Fsp3) is 0.400. The molecule has 0 spiro atoms. The third kappa shape index (κ3) is 5.62. The largest absolute Gasteiger partial charge is 0.493 e. The summed E-state index contributed by atoms with van der Waals surface area (Å²) in [4.78, 5) is 0.0691. The molecule has 0 amide bonds. The zero-order valence-electron chi connectivity index (χ0n) is 16.7. The van der Waals surface area contributed by atoms with Crippen LogP contribution in [0.2, 0.25) is 0 Å². The first-order valence-corrected chi connectivity index (χ1v) is 11.0. The standard InChI is InChI=1S/C20H26BrNO5S/c1-20(2,3)14-6-8-15(9-7-14)27-11-10-22-28(23,24)19-13-18(26-5)17(25-4)12-16(19)21/h6-9,12-13,22H,10-11H2,1-5H3. The molecule has 0 saturated heterocycles. The van der Waals surface area contributed by atoms with Crippen LogP contribution in [0.1, 0.15) is 26.3 Å². The van der Waals surface area contributed by atoms with Gasteiger partial charge < -0.3 is 14.2 Å². The lowest BCUT2D eigenvalue weighted by molar-refractivity contribution is 0.322. The average Bonchev–Trinajstić information content (AvgIpc) is 2.64. The molecule has 154 valence electrons. The Morgan fingerprint density at radius 1 is 1.00 bits per heavy atom. The fourth-order valence-electron chi connectivity index (χ4n) is 2.52. The van der Waals surface area contributed by atoms with Crippen LogP contribution in [0.3, 0.4) is 0 Å². The molecule has 1 N–H and O–H groups in total. The molecule has 0 heterocycles. The Bertz CT molecular complexity index is 905. The molecule has 8 heteroatoms. The predicted octanol–water partition coefficient (Wildman–Crippen LogP) is 4.12. The molecular formula is C20H26BrNO5S. The van der Waals surface area contributed by atoms with E-state index in [9.17, 15) is 8.42 Å². The van der Waals surface area contributed by atoms with E-state index in [4.69, 9.17) is 14.2 Å². The highest BCUT2D eigenvalue weighted by molar-refractivity contribution is 9.10. The normalized spacial score (nSPS) is 11.9. The van der Waals surface area contributed by atoms with E-state index in [-0.39, 0.29) is 23.5 Å². The molecule has 0 unspecified atom stereocenters. The highest BCUT2D eigenvalue weighted by Gasteiger charge is 2.21. The molecule has 0 radical (unpaired) electrons. The van der Waals surface area contributed by atoms with E-state index < -0.39 is 10.0 Å². The lowest BCUT2D eigenvalue weighted by Gasteiger charge is -2.19. The molecule has 0 saturated carbocycles. The first-order valence-electron chi connectivity index (χ1n) is 8.73. The van der Waals surface area contributed by atoms with Crippen LogP contribution in [0.15, 0.2) is 45.8 Å². The molecule has 0 aliphatic carbocycles. The Morgan fingerprint density at radius 3 is 2.11 bits per heavy atom. The summed E-state index contributed by atoms with van der Waals surface area (Å²) in [5.74, 6) is 1.47. The second kappa shape index (κ2) is 9.15. The summed E-state index contributed by atoms with van der Waals surface area (Å²) in [5, 5.41) is 0. The molecule has 2 aromatic carbocycles. The van der Waals surface area contributed by atoms with Crippen LogP contribution in [0.25, 0.3) is 0 Å². The Kier molecular flexibility index (Phi) is 7.36. The van der Waals surface area contributed by atoms with Crippen LogP contribution in [-0.4, -0.2) is 35.8 Å². The van der Waals surface area contributed by atoms with Gasteiger partial charge >= 0.3 is 0 Å². The van der Waals surface area contributed by atoms with Crippen LogP contribution >= 0.6 is 15.9 Å². The molecule has 0 atom stereocenters. The van der Waals surface area contributed by atoms with E-state index in [1.54, 1.807) is 6.07 Å². The molecule has 0 bridgehead atoms. The van der Waals surface area contributed by atoms with Crippen molar-refractivity contribution in [3.8, 4) is 17.2 Å². The van der Waals surface area contributed by atoms with Gasteiger partial charge in [-0.2, -0.15) is 0 Å². The molecule has 6 nitrogen and oxygen atoms in total. The summed E-state index contributed by atoms with van der Waals surface area (Å²) < 4.78 is 44.1. The van der Waals surface area contributed by atoms with Gasteiger partial charge in [0.2, 0.25) is 10.0 Å². The van der Waals surface area contributed by atoms with Crippen LogP contribution < -0.4 is 18.9 Å². The minimum Gasteiger partial charge on any atom is -0.493 e. The van der Waals surface area contributed by atoms with Gasteiger partial charge in [0.15, 0.2) is 11.5 Å². The van der Waals surface area contributed by atoms with E-state index in [1.807, 2.05) is 24.3 Å². The summed E-state index contributed by atoms with van der Waals surface area (Å²) in [7, 11) is -0.801. The first kappa shape index (κ1) is 22.5. The van der Waals surface area contributed by atoms with Crippen molar-refractivity contribution < 1.29 is 22.6 Å². The summed E-state index contributed by atoms with van der Waals surface area (Å²) in [6.07, 6.45) is 0. The van der Waals surface area contributed by atoms with E-state index in [2.05, 4.69) is 41.4 Å². The number of hydrogen-bond acceptors (Lipinski definition) is 5. The molecule has 2 aromatic rings. The zero-order valence-corrected chi connectivity index (χ0v) is 19.1. The summed E-state index contributed by atoms with van der Waals surface area (Å²) in [5.41, 5.74) is 1.28. The number of halogens is 1. The second-order valence-corrected chi connectivity index (χ2v) is 9.75. The highest BCUT2D eigenvalue weighted by Crippen LogP contribution is 2.35. The number of benzene rings is 2. The molecule has 2 rings (SSSR count). The molecule has 0 aliphatic heterocycles. The van der Waals surface area contributed by atoms with E-state index >= 15 is 0 Å². The number of nitrogens with one attached hydrogen (secondary N) is 1. The number of ether oxygens (including phenoxy) is 3. The van der Waals surface area contributed by atoms with Crippen molar-refractivity contribution in [3.63, 3.8) is 0 Å². The smallest absolute Gasteiger partial charge is 0.241 e. The van der Waals surface area contributed by atoms with Gasteiger partial charge in [-0.3, -0.25) is 0 Å². The maximum Gasteiger partial charge on any atom is 0.241 e. The Hall–Kier alpha value is -1.77. The molecule has 0 aliphatic rings. The van der Waals surface area contributed by atoms with Crippen molar-refractivity contribution in [2.45, 2.75) is 31.1 Å². The molecule has 0 aromatic heterocycles. The maximum atomic E-state index is 12.6. The van der Waals surface area contributed by atoms with Gasteiger partial charge in [0, 0.05) is 17.1 Å². The van der Waals surface area contributed by atoms with Crippen molar-refractivity contribution in [1.29, 1.82) is 0 Å². The quantitative estimate of drug-likeness (QED) is 0.586.